The summed E-state index contributed by atoms with van der Waals surface area (Å²) in [6.45, 7) is 0. The van der Waals surface area contributed by atoms with E-state index < -0.39 is 0 Å². The zero-order valence-corrected chi connectivity index (χ0v) is 18.3. The van der Waals surface area contributed by atoms with E-state index in [9.17, 15) is 0 Å². The van der Waals surface area contributed by atoms with Crippen molar-refractivity contribution in [1.29, 1.82) is 0 Å². The first-order valence-corrected chi connectivity index (χ1v) is 11.9. The monoisotopic (exact) mass is 422 g/mol. The Morgan fingerprint density at radius 1 is 0.733 bits per heavy atom. The molecule has 2 aliphatic carbocycles. The van der Waals surface area contributed by atoms with Gasteiger partial charge in [0, 0.05) is 15.0 Å². The van der Waals surface area contributed by atoms with Crippen molar-refractivity contribution >= 4 is 70.2 Å². The maximum absolute atomic E-state index is 4.49. The van der Waals surface area contributed by atoms with Gasteiger partial charge >= 0.3 is 0 Å². The van der Waals surface area contributed by atoms with E-state index in [0.29, 0.717) is 5.25 Å². The summed E-state index contributed by atoms with van der Waals surface area (Å²) in [6, 6.07) is 22.2. The fourth-order valence-electron chi connectivity index (χ4n) is 4.82. The van der Waals surface area contributed by atoms with Crippen molar-refractivity contribution in [3.8, 4) is 0 Å². The Morgan fingerprint density at radius 3 is 2.50 bits per heavy atom. The molecular formula is C28H22S2. The number of thiol groups is 1. The van der Waals surface area contributed by atoms with Crippen LogP contribution < -0.4 is 20.9 Å². The number of fused-ring (bicyclic) bond motifs is 6. The third kappa shape index (κ3) is 3.10. The number of thioether (sulfide) groups is 1. The van der Waals surface area contributed by atoms with Gasteiger partial charge in [0.15, 0.2) is 0 Å². The van der Waals surface area contributed by atoms with Crippen LogP contribution in [-0.4, -0.2) is 5.25 Å². The van der Waals surface area contributed by atoms with Crippen LogP contribution in [-0.2, 0) is 0 Å². The van der Waals surface area contributed by atoms with Crippen molar-refractivity contribution in [1.82, 2.24) is 0 Å². The third-order valence-electron chi connectivity index (χ3n) is 6.24. The molecule has 30 heavy (non-hydrogen) atoms. The van der Waals surface area contributed by atoms with E-state index in [0.717, 1.165) is 24.2 Å². The van der Waals surface area contributed by atoms with Gasteiger partial charge in [-0.25, -0.2) is 0 Å². The first-order valence-electron chi connectivity index (χ1n) is 10.6. The van der Waals surface area contributed by atoms with Crippen LogP contribution in [0.3, 0.4) is 0 Å². The summed E-state index contributed by atoms with van der Waals surface area (Å²) in [5.41, 5.74) is 0. The zero-order valence-electron chi connectivity index (χ0n) is 16.6. The Balaban J connectivity index is 1.46. The lowest BCUT2D eigenvalue weighted by Gasteiger charge is -2.17. The first kappa shape index (κ1) is 18.4. The van der Waals surface area contributed by atoms with Crippen LogP contribution in [0, 0.1) is 0 Å². The van der Waals surface area contributed by atoms with Gasteiger partial charge in [-0.15, -0.1) is 24.4 Å². The molecule has 0 bridgehead atoms. The molecule has 0 aliphatic heterocycles. The van der Waals surface area contributed by atoms with Gasteiger partial charge in [-0.3, -0.25) is 0 Å². The Bertz CT molecular complexity index is 1560. The van der Waals surface area contributed by atoms with Crippen molar-refractivity contribution in [2.45, 2.75) is 34.3 Å². The molecule has 0 spiro atoms. The number of hydrogen-bond acceptors (Lipinski definition) is 2. The number of hydrogen-bond donors (Lipinski definition) is 1. The van der Waals surface area contributed by atoms with E-state index in [2.05, 4.69) is 97.6 Å². The molecule has 2 heteroatoms. The average molecular weight is 423 g/mol. The second kappa shape index (κ2) is 7.37. The second-order valence-electron chi connectivity index (χ2n) is 8.15. The first-order chi connectivity index (χ1) is 14.8. The van der Waals surface area contributed by atoms with Gasteiger partial charge in [-0.1, -0.05) is 66.8 Å². The van der Waals surface area contributed by atoms with Gasteiger partial charge in [0.05, 0.1) is 0 Å². The highest BCUT2D eigenvalue weighted by Gasteiger charge is 2.14. The highest BCUT2D eigenvalue weighted by molar-refractivity contribution is 8.00. The van der Waals surface area contributed by atoms with Gasteiger partial charge in [0.2, 0.25) is 0 Å². The van der Waals surface area contributed by atoms with E-state index in [1.807, 2.05) is 11.8 Å². The highest BCUT2D eigenvalue weighted by atomic mass is 32.2. The molecule has 4 aromatic carbocycles. The van der Waals surface area contributed by atoms with Crippen molar-refractivity contribution in [3.05, 3.63) is 81.5 Å². The summed E-state index contributed by atoms with van der Waals surface area (Å²) >= 11 is 6.50. The van der Waals surface area contributed by atoms with Crippen LogP contribution in [0.25, 0.3) is 45.8 Å². The lowest BCUT2D eigenvalue weighted by atomic mass is 10.0. The number of benzene rings is 4. The molecule has 0 saturated carbocycles. The minimum atomic E-state index is 0.452. The molecule has 1 atom stereocenters. The Labute approximate surface area is 185 Å². The van der Waals surface area contributed by atoms with E-state index in [1.54, 1.807) is 0 Å². The fraction of sp³-hybridized carbons (Fsp3) is 0.143. The smallest absolute Gasteiger partial charge is 0.0318 e. The zero-order chi connectivity index (χ0) is 20.1. The predicted octanol–water partition coefficient (Wildman–Crippen LogP) is 4.76. The molecule has 1 unspecified atom stereocenters. The summed E-state index contributed by atoms with van der Waals surface area (Å²) in [6.07, 6.45) is 13.0. The molecule has 0 fully saturated rings. The molecule has 0 heterocycles. The summed E-state index contributed by atoms with van der Waals surface area (Å²) in [5.74, 6) is 0. The lowest BCUT2D eigenvalue weighted by Crippen LogP contribution is -2.30. The molecular weight excluding hydrogens is 400 g/mol. The van der Waals surface area contributed by atoms with Gasteiger partial charge in [0.1, 0.15) is 0 Å². The molecule has 146 valence electrons. The van der Waals surface area contributed by atoms with Crippen molar-refractivity contribution in [3.63, 3.8) is 0 Å². The molecule has 6 rings (SSSR count). The number of rotatable bonds is 2. The summed E-state index contributed by atoms with van der Waals surface area (Å²) in [7, 11) is 0. The van der Waals surface area contributed by atoms with Crippen molar-refractivity contribution in [2.24, 2.45) is 0 Å². The molecule has 2 aliphatic rings. The molecule has 0 nitrogen and oxygen atoms in total. The van der Waals surface area contributed by atoms with Gasteiger partial charge in [-0.05, 0) is 79.9 Å². The van der Waals surface area contributed by atoms with E-state index in [-0.39, 0.29) is 0 Å². The SMILES string of the molecule is Sc1ccc2c3c(ccc2c1)=CC(Sc1cc2c(c4ccccc14)=CCCC=2)CC=3. The molecule has 0 saturated heterocycles. The van der Waals surface area contributed by atoms with Crippen LogP contribution in [0.15, 0.2) is 70.5 Å². The minimum Gasteiger partial charge on any atom is -0.143 e. The maximum Gasteiger partial charge on any atom is 0.0318 e. The van der Waals surface area contributed by atoms with E-state index in [4.69, 9.17) is 0 Å². The van der Waals surface area contributed by atoms with Crippen LogP contribution in [0.4, 0.5) is 0 Å². The van der Waals surface area contributed by atoms with Crippen molar-refractivity contribution < 1.29 is 0 Å². The fourth-order valence-corrected chi connectivity index (χ4v) is 6.27. The maximum atomic E-state index is 4.49. The largest absolute Gasteiger partial charge is 0.143 e. The Kier molecular flexibility index (Phi) is 4.51. The molecule has 0 amide bonds. The van der Waals surface area contributed by atoms with E-state index in [1.165, 1.54) is 47.3 Å². The average Bonchev–Trinajstić information content (AvgIpc) is 2.79. The van der Waals surface area contributed by atoms with Gasteiger partial charge in [0.25, 0.3) is 0 Å². The normalized spacial score (nSPS) is 17.3. The summed E-state index contributed by atoms with van der Waals surface area (Å²) < 4.78 is 0. The predicted molar refractivity (Wildman–Crippen MR) is 135 cm³/mol. The standard InChI is InChI=1S/C28H22S2/c29-21-11-13-24-19(15-21)9-10-20-16-22(12-14-25(20)24)30-28-17-18-5-1-2-6-23(18)26-7-3-4-8-27(26)28/h3-11,13-17,22,29H,1-2,12H2. The minimum absolute atomic E-state index is 0.452. The van der Waals surface area contributed by atoms with Gasteiger partial charge in [-0.2, -0.15) is 0 Å². The van der Waals surface area contributed by atoms with Crippen LogP contribution >= 0.6 is 24.4 Å². The lowest BCUT2D eigenvalue weighted by molar-refractivity contribution is 1.11. The summed E-state index contributed by atoms with van der Waals surface area (Å²) in [4.78, 5) is 2.42. The molecule has 0 aromatic heterocycles. The third-order valence-corrected chi connectivity index (χ3v) is 7.74. The quantitative estimate of drug-likeness (QED) is 0.455. The molecule has 0 N–H and O–H groups in total. The highest BCUT2D eigenvalue weighted by Crippen LogP contribution is 2.32. The topological polar surface area (TPSA) is 0 Å². The van der Waals surface area contributed by atoms with Crippen LogP contribution in [0.1, 0.15) is 19.3 Å². The van der Waals surface area contributed by atoms with Gasteiger partial charge < -0.3 is 0 Å². The molecule has 4 aromatic rings. The van der Waals surface area contributed by atoms with Crippen molar-refractivity contribution in [2.75, 3.05) is 0 Å². The molecule has 0 radical (unpaired) electrons. The Hall–Kier alpha value is -2.42. The van der Waals surface area contributed by atoms with Crippen LogP contribution in [0.5, 0.6) is 0 Å². The van der Waals surface area contributed by atoms with E-state index >= 15 is 0 Å². The Morgan fingerprint density at radius 2 is 1.57 bits per heavy atom. The van der Waals surface area contributed by atoms with Crippen LogP contribution in [0.2, 0.25) is 0 Å². The second-order valence-corrected chi connectivity index (χ2v) is 9.94. The summed E-state index contributed by atoms with van der Waals surface area (Å²) in [5, 5.41) is 11.4.